The summed E-state index contributed by atoms with van der Waals surface area (Å²) >= 11 is 0. The maximum absolute atomic E-state index is 7.54. The molecule has 1 saturated heterocycles. The van der Waals surface area contributed by atoms with Gasteiger partial charge in [0, 0.05) is 12.6 Å². The Hall–Kier alpha value is -0.530. The van der Waals surface area contributed by atoms with Crippen LogP contribution in [0.4, 0.5) is 0 Å². The number of nitrogens with zero attached hydrogens (tertiary/aromatic N) is 1. The zero-order valence-corrected chi connectivity index (χ0v) is 7.72. The second-order valence-electron chi connectivity index (χ2n) is 3.73. The number of likely N-dealkylation sites (tertiary alicyclic amines) is 1. The van der Waals surface area contributed by atoms with E-state index in [4.69, 9.17) is 5.41 Å². The molecule has 0 aliphatic carbocycles. The van der Waals surface area contributed by atoms with Crippen LogP contribution in [-0.4, -0.2) is 23.3 Å². The molecule has 1 aliphatic heterocycles. The normalized spacial score (nSPS) is 24.7. The molecule has 0 saturated carbocycles. The summed E-state index contributed by atoms with van der Waals surface area (Å²) in [6, 6.07) is 0.632. The summed E-state index contributed by atoms with van der Waals surface area (Å²) in [5.74, 6) is 1.43. The predicted molar refractivity (Wildman–Crippen MR) is 48.0 cm³/mol. The van der Waals surface area contributed by atoms with Gasteiger partial charge in [0.1, 0.15) is 0 Å². The summed E-state index contributed by atoms with van der Waals surface area (Å²) in [6.07, 6.45) is 2.53. The maximum Gasteiger partial charge on any atom is 0.0928 e. The SMILES string of the molecule is CC(=N)N1CCCC1C(C)C. The van der Waals surface area contributed by atoms with E-state index >= 15 is 0 Å². The van der Waals surface area contributed by atoms with Gasteiger partial charge in [-0.3, -0.25) is 5.41 Å². The predicted octanol–water partition coefficient (Wildman–Crippen LogP) is 2.10. The highest BCUT2D eigenvalue weighted by atomic mass is 15.2. The van der Waals surface area contributed by atoms with E-state index in [2.05, 4.69) is 18.7 Å². The molecular formula is C9H18N2. The number of hydrogen-bond donors (Lipinski definition) is 1. The number of hydrogen-bond acceptors (Lipinski definition) is 1. The molecule has 11 heavy (non-hydrogen) atoms. The van der Waals surface area contributed by atoms with Crippen LogP contribution in [0.2, 0.25) is 0 Å². The van der Waals surface area contributed by atoms with E-state index in [-0.39, 0.29) is 0 Å². The lowest BCUT2D eigenvalue weighted by molar-refractivity contribution is 0.306. The molecule has 0 aromatic heterocycles. The van der Waals surface area contributed by atoms with Crippen LogP contribution in [0.5, 0.6) is 0 Å². The summed E-state index contributed by atoms with van der Waals surface area (Å²) in [5, 5.41) is 7.54. The van der Waals surface area contributed by atoms with Crippen molar-refractivity contribution in [3.8, 4) is 0 Å². The first-order chi connectivity index (χ1) is 5.13. The van der Waals surface area contributed by atoms with Gasteiger partial charge in [0.25, 0.3) is 0 Å². The van der Waals surface area contributed by atoms with E-state index in [1.54, 1.807) is 0 Å². The van der Waals surface area contributed by atoms with Crippen molar-refractivity contribution < 1.29 is 0 Å². The Morgan fingerprint density at radius 2 is 2.18 bits per heavy atom. The minimum atomic E-state index is 0.632. The first-order valence-electron chi connectivity index (χ1n) is 4.44. The largest absolute Gasteiger partial charge is 0.358 e. The first kappa shape index (κ1) is 8.57. The van der Waals surface area contributed by atoms with Gasteiger partial charge in [0.15, 0.2) is 0 Å². The molecule has 1 atom stereocenters. The standard InChI is InChI=1S/C9H18N2/c1-7(2)9-5-4-6-11(9)8(3)10/h7,9-10H,4-6H2,1-3H3. The van der Waals surface area contributed by atoms with Crippen molar-refractivity contribution in [2.75, 3.05) is 6.54 Å². The van der Waals surface area contributed by atoms with Crippen LogP contribution in [0.15, 0.2) is 0 Å². The summed E-state index contributed by atoms with van der Waals surface area (Å²) in [4.78, 5) is 2.23. The van der Waals surface area contributed by atoms with Gasteiger partial charge < -0.3 is 4.90 Å². The Labute approximate surface area is 69.1 Å². The van der Waals surface area contributed by atoms with Gasteiger partial charge in [0.05, 0.1) is 5.84 Å². The van der Waals surface area contributed by atoms with E-state index in [1.807, 2.05) is 6.92 Å². The van der Waals surface area contributed by atoms with Crippen LogP contribution >= 0.6 is 0 Å². The van der Waals surface area contributed by atoms with E-state index in [1.165, 1.54) is 12.8 Å². The van der Waals surface area contributed by atoms with Crippen molar-refractivity contribution in [2.45, 2.75) is 39.7 Å². The van der Waals surface area contributed by atoms with Gasteiger partial charge in [-0.1, -0.05) is 13.8 Å². The van der Waals surface area contributed by atoms with Gasteiger partial charge in [-0.25, -0.2) is 0 Å². The number of nitrogens with one attached hydrogen (secondary N) is 1. The van der Waals surface area contributed by atoms with Crippen LogP contribution in [0.1, 0.15) is 33.6 Å². The molecular weight excluding hydrogens is 136 g/mol. The molecule has 0 aromatic rings. The van der Waals surface area contributed by atoms with Gasteiger partial charge in [-0.05, 0) is 25.7 Å². The topological polar surface area (TPSA) is 27.1 Å². The number of rotatable bonds is 1. The quantitative estimate of drug-likeness (QED) is 0.454. The molecule has 2 nitrogen and oxygen atoms in total. The van der Waals surface area contributed by atoms with E-state index in [0.29, 0.717) is 12.0 Å². The Morgan fingerprint density at radius 3 is 2.55 bits per heavy atom. The molecule has 0 amide bonds. The Kier molecular flexibility index (Phi) is 2.53. The Balaban J connectivity index is 2.58. The van der Waals surface area contributed by atoms with Gasteiger partial charge in [-0.15, -0.1) is 0 Å². The van der Waals surface area contributed by atoms with Crippen molar-refractivity contribution in [3.63, 3.8) is 0 Å². The molecule has 1 unspecified atom stereocenters. The van der Waals surface area contributed by atoms with Crippen molar-refractivity contribution in [1.29, 1.82) is 5.41 Å². The van der Waals surface area contributed by atoms with Crippen molar-refractivity contribution >= 4 is 5.84 Å². The first-order valence-corrected chi connectivity index (χ1v) is 4.44. The number of amidine groups is 1. The van der Waals surface area contributed by atoms with Crippen molar-refractivity contribution in [1.82, 2.24) is 4.90 Å². The van der Waals surface area contributed by atoms with Gasteiger partial charge in [-0.2, -0.15) is 0 Å². The monoisotopic (exact) mass is 154 g/mol. The average molecular weight is 154 g/mol. The van der Waals surface area contributed by atoms with E-state index in [9.17, 15) is 0 Å². The summed E-state index contributed by atoms with van der Waals surface area (Å²) in [6.45, 7) is 7.47. The second-order valence-corrected chi connectivity index (χ2v) is 3.73. The molecule has 1 aliphatic rings. The second kappa shape index (κ2) is 3.24. The molecule has 0 aromatic carbocycles. The molecule has 1 fully saturated rings. The zero-order chi connectivity index (χ0) is 8.43. The highest BCUT2D eigenvalue weighted by Crippen LogP contribution is 2.23. The Morgan fingerprint density at radius 1 is 1.55 bits per heavy atom. The summed E-state index contributed by atoms with van der Waals surface area (Å²) in [7, 11) is 0. The molecule has 2 heteroatoms. The minimum absolute atomic E-state index is 0.632. The smallest absolute Gasteiger partial charge is 0.0928 e. The Bertz CT molecular complexity index is 152. The molecule has 0 bridgehead atoms. The average Bonchev–Trinajstić information content (AvgIpc) is 2.32. The van der Waals surface area contributed by atoms with E-state index < -0.39 is 0 Å². The highest BCUT2D eigenvalue weighted by Gasteiger charge is 2.26. The summed E-state index contributed by atoms with van der Waals surface area (Å²) < 4.78 is 0. The van der Waals surface area contributed by atoms with Gasteiger partial charge in [0.2, 0.25) is 0 Å². The van der Waals surface area contributed by atoms with E-state index in [0.717, 1.165) is 12.4 Å². The third-order valence-electron chi connectivity index (χ3n) is 2.50. The van der Waals surface area contributed by atoms with Crippen molar-refractivity contribution in [3.05, 3.63) is 0 Å². The minimum Gasteiger partial charge on any atom is -0.358 e. The third kappa shape index (κ3) is 1.73. The molecule has 1 heterocycles. The highest BCUT2D eigenvalue weighted by molar-refractivity contribution is 5.76. The molecule has 1 N–H and O–H groups in total. The lowest BCUT2D eigenvalue weighted by Gasteiger charge is -2.28. The van der Waals surface area contributed by atoms with Crippen molar-refractivity contribution in [2.24, 2.45) is 5.92 Å². The molecule has 0 radical (unpaired) electrons. The molecule has 64 valence electrons. The molecule has 1 rings (SSSR count). The van der Waals surface area contributed by atoms with Crippen LogP contribution in [-0.2, 0) is 0 Å². The van der Waals surface area contributed by atoms with Crippen LogP contribution in [0.3, 0.4) is 0 Å². The lowest BCUT2D eigenvalue weighted by atomic mass is 10.0. The molecule has 0 spiro atoms. The maximum atomic E-state index is 7.54. The van der Waals surface area contributed by atoms with Crippen LogP contribution in [0, 0.1) is 11.3 Å². The fourth-order valence-electron chi connectivity index (χ4n) is 1.90. The fourth-order valence-corrected chi connectivity index (χ4v) is 1.90. The lowest BCUT2D eigenvalue weighted by Crippen LogP contribution is -2.36. The summed E-state index contributed by atoms with van der Waals surface area (Å²) in [5.41, 5.74) is 0. The fraction of sp³-hybridized carbons (Fsp3) is 0.889. The van der Waals surface area contributed by atoms with Crippen LogP contribution in [0.25, 0.3) is 0 Å². The van der Waals surface area contributed by atoms with Gasteiger partial charge >= 0.3 is 0 Å². The zero-order valence-electron chi connectivity index (χ0n) is 7.72. The van der Waals surface area contributed by atoms with Crippen LogP contribution < -0.4 is 0 Å². The third-order valence-corrected chi connectivity index (χ3v) is 2.50.